The molecule has 5 rings (SSSR count). The number of para-hydroxylation sites is 1. The normalized spacial score (nSPS) is 16.7. The first-order chi connectivity index (χ1) is 20.3. The van der Waals surface area contributed by atoms with Gasteiger partial charge < -0.3 is 14.5 Å². The molecule has 1 saturated heterocycles. The number of furan rings is 1. The molecule has 3 aromatic carbocycles. The lowest BCUT2D eigenvalue weighted by molar-refractivity contribution is -0.137. The van der Waals surface area contributed by atoms with Gasteiger partial charge in [0, 0.05) is 24.5 Å². The van der Waals surface area contributed by atoms with Crippen molar-refractivity contribution < 1.29 is 36.1 Å². The van der Waals surface area contributed by atoms with E-state index < -0.39 is 40.3 Å². The van der Waals surface area contributed by atoms with E-state index in [9.17, 15) is 27.0 Å². The molecule has 2 atom stereocenters. The van der Waals surface area contributed by atoms with E-state index in [0.29, 0.717) is 41.7 Å². The van der Waals surface area contributed by atoms with Crippen LogP contribution < -0.4 is 5.32 Å². The molecule has 0 aliphatic carbocycles. The summed E-state index contributed by atoms with van der Waals surface area (Å²) in [4.78, 5) is 26.3. The van der Waals surface area contributed by atoms with Crippen molar-refractivity contribution in [2.24, 2.45) is 0 Å². The fourth-order valence-corrected chi connectivity index (χ4v) is 6.28. The number of rotatable bonds is 7. The fraction of sp³-hybridized carbons (Fsp3) is 0.312. The van der Waals surface area contributed by atoms with E-state index >= 15 is 0 Å². The van der Waals surface area contributed by atoms with Gasteiger partial charge in [0.05, 0.1) is 11.1 Å². The molecule has 4 aromatic rings. The summed E-state index contributed by atoms with van der Waals surface area (Å²) in [6.07, 6.45) is -3.29. The van der Waals surface area contributed by atoms with E-state index in [1.807, 2.05) is 18.2 Å². The predicted octanol–water partition coefficient (Wildman–Crippen LogP) is 6.88. The van der Waals surface area contributed by atoms with Crippen LogP contribution in [0.15, 0.2) is 82.3 Å². The summed E-state index contributed by atoms with van der Waals surface area (Å²) in [5.74, 6) is -0.933. The van der Waals surface area contributed by atoms with Gasteiger partial charge in [0.15, 0.2) is 11.0 Å². The molecule has 1 N–H and O–H groups in total. The predicted molar refractivity (Wildman–Crippen MR) is 156 cm³/mol. The second kappa shape index (κ2) is 12.0. The highest BCUT2D eigenvalue weighted by atomic mass is 32.2. The number of nitrogens with zero attached hydrogens (tertiary/aromatic N) is 1. The lowest BCUT2D eigenvalue weighted by Gasteiger charge is -2.22. The van der Waals surface area contributed by atoms with Gasteiger partial charge in [-0.2, -0.15) is 13.2 Å². The highest BCUT2D eigenvalue weighted by Gasteiger charge is 2.36. The summed E-state index contributed by atoms with van der Waals surface area (Å²) in [7, 11) is -1.68. The van der Waals surface area contributed by atoms with Crippen LogP contribution in [0.4, 0.5) is 13.2 Å². The molecule has 1 aromatic heterocycles. The SMILES string of the molecule is CC(C)(C)OC(=O)c1cc(CNC(=O)[C@@H]2CCCN2S(=O)c2cc3ccccc3o2)cc(-c2ccc(C(F)(F)F)cc2)c1. The third kappa shape index (κ3) is 7.17. The van der Waals surface area contributed by atoms with Crippen LogP contribution in [0.2, 0.25) is 0 Å². The van der Waals surface area contributed by atoms with Crippen LogP contribution in [0.25, 0.3) is 22.1 Å². The second-order valence-electron chi connectivity index (χ2n) is 11.4. The molecular formula is C32H31F3N2O5S. The molecule has 1 unspecified atom stereocenters. The van der Waals surface area contributed by atoms with Gasteiger partial charge in [-0.3, -0.25) is 4.79 Å². The van der Waals surface area contributed by atoms with Crippen LogP contribution in [0.3, 0.4) is 0 Å². The largest absolute Gasteiger partial charge is 0.456 e. The maximum Gasteiger partial charge on any atom is 0.416 e. The minimum Gasteiger partial charge on any atom is -0.456 e. The average Bonchev–Trinajstić information content (AvgIpc) is 3.62. The Bertz CT molecular complexity index is 1640. The molecule has 7 nitrogen and oxygen atoms in total. The third-order valence-electron chi connectivity index (χ3n) is 6.93. The van der Waals surface area contributed by atoms with Gasteiger partial charge in [-0.25, -0.2) is 13.3 Å². The topological polar surface area (TPSA) is 88.9 Å². The van der Waals surface area contributed by atoms with Crippen molar-refractivity contribution in [1.82, 2.24) is 9.62 Å². The van der Waals surface area contributed by atoms with Crippen LogP contribution in [-0.4, -0.2) is 38.6 Å². The van der Waals surface area contributed by atoms with E-state index in [1.165, 1.54) is 12.1 Å². The van der Waals surface area contributed by atoms with Crippen LogP contribution in [-0.2, 0) is 33.2 Å². The van der Waals surface area contributed by atoms with Gasteiger partial charge in [-0.15, -0.1) is 0 Å². The monoisotopic (exact) mass is 612 g/mol. The number of amides is 1. The van der Waals surface area contributed by atoms with Gasteiger partial charge in [-0.05, 0) is 86.7 Å². The summed E-state index contributed by atoms with van der Waals surface area (Å²) in [6, 6.07) is 17.9. The van der Waals surface area contributed by atoms with Crippen LogP contribution in [0, 0.1) is 0 Å². The Hall–Kier alpha value is -3.96. The number of benzene rings is 3. The number of fused-ring (bicyclic) bond motifs is 1. The first-order valence-electron chi connectivity index (χ1n) is 13.8. The zero-order chi connectivity index (χ0) is 30.9. The Morgan fingerprint density at radius 3 is 2.40 bits per heavy atom. The van der Waals surface area contributed by atoms with Gasteiger partial charge in [-0.1, -0.05) is 30.3 Å². The maximum absolute atomic E-state index is 13.4. The van der Waals surface area contributed by atoms with Crippen LogP contribution >= 0.6 is 0 Å². The van der Waals surface area contributed by atoms with Crippen molar-refractivity contribution in [3.05, 3.63) is 89.5 Å². The van der Waals surface area contributed by atoms with Gasteiger partial charge in [0.2, 0.25) is 11.0 Å². The summed E-state index contributed by atoms with van der Waals surface area (Å²) >= 11 is 0. The molecule has 226 valence electrons. The quantitative estimate of drug-likeness (QED) is 0.230. The van der Waals surface area contributed by atoms with Crippen molar-refractivity contribution in [2.75, 3.05) is 6.54 Å². The average molecular weight is 613 g/mol. The lowest BCUT2D eigenvalue weighted by atomic mass is 9.98. The maximum atomic E-state index is 13.4. The zero-order valence-electron chi connectivity index (χ0n) is 23.9. The molecular weight excluding hydrogens is 581 g/mol. The van der Waals surface area contributed by atoms with Crippen molar-refractivity contribution in [3.63, 3.8) is 0 Å². The molecule has 0 saturated carbocycles. The summed E-state index contributed by atoms with van der Waals surface area (Å²) in [6.45, 7) is 5.68. The molecule has 1 aliphatic rings. The van der Waals surface area contributed by atoms with Crippen molar-refractivity contribution in [2.45, 2.75) is 63.1 Å². The molecule has 0 bridgehead atoms. The number of ether oxygens (including phenoxy) is 1. The Labute approximate surface area is 249 Å². The van der Waals surface area contributed by atoms with Crippen molar-refractivity contribution in [3.8, 4) is 11.1 Å². The van der Waals surface area contributed by atoms with Crippen molar-refractivity contribution >= 4 is 33.8 Å². The lowest BCUT2D eigenvalue weighted by Crippen LogP contribution is -2.43. The summed E-state index contributed by atoms with van der Waals surface area (Å²) < 4.78 is 65.6. The molecule has 43 heavy (non-hydrogen) atoms. The molecule has 2 heterocycles. The summed E-state index contributed by atoms with van der Waals surface area (Å²) in [5, 5.41) is 3.97. The number of alkyl halides is 3. The van der Waals surface area contributed by atoms with E-state index in [-0.39, 0.29) is 23.1 Å². The number of hydrogen-bond acceptors (Lipinski definition) is 5. The Morgan fingerprint density at radius 1 is 1.00 bits per heavy atom. The van der Waals surface area contributed by atoms with E-state index in [2.05, 4.69) is 5.32 Å². The minimum atomic E-state index is -4.48. The number of carbonyl (C=O) groups excluding carboxylic acids is 2. The standard InChI is InChI=1S/C32H31F3N2O5S/c1-31(2,3)42-30(39)24-16-20(15-23(17-24)21-10-12-25(13-11-21)32(33,34)35)19-36-29(38)26-8-6-14-37(26)43(40)28-18-22-7-4-5-9-27(22)41-28/h4-5,7,9-13,15-18,26H,6,8,14,19H2,1-3H3,(H,36,38)/t26-,43?/m0/s1. The molecule has 11 heteroatoms. The van der Waals surface area contributed by atoms with Gasteiger partial charge >= 0.3 is 12.1 Å². The smallest absolute Gasteiger partial charge is 0.416 e. The van der Waals surface area contributed by atoms with E-state index in [4.69, 9.17) is 9.15 Å². The van der Waals surface area contributed by atoms with Crippen LogP contribution in [0.5, 0.6) is 0 Å². The van der Waals surface area contributed by atoms with E-state index in [0.717, 1.165) is 17.5 Å². The fourth-order valence-electron chi connectivity index (χ4n) is 4.93. The molecule has 0 radical (unpaired) electrons. The summed E-state index contributed by atoms with van der Waals surface area (Å²) in [5.41, 5.74) is 0.772. The number of esters is 1. The minimum absolute atomic E-state index is 0.0325. The molecule has 1 fully saturated rings. The highest BCUT2D eigenvalue weighted by Crippen LogP contribution is 2.32. The zero-order valence-corrected chi connectivity index (χ0v) is 24.7. The van der Waals surface area contributed by atoms with Gasteiger partial charge in [0.1, 0.15) is 17.2 Å². The highest BCUT2D eigenvalue weighted by molar-refractivity contribution is 7.82. The number of carbonyl (C=O) groups is 2. The Morgan fingerprint density at radius 2 is 1.72 bits per heavy atom. The molecule has 1 amide bonds. The number of nitrogens with one attached hydrogen (secondary N) is 1. The first kappa shape index (κ1) is 30.5. The first-order valence-corrected chi connectivity index (χ1v) is 14.9. The van der Waals surface area contributed by atoms with E-state index in [1.54, 1.807) is 55.4 Å². The second-order valence-corrected chi connectivity index (χ2v) is 12.7. The van der Waals surface area contributed by atoms with Crippen LogP contribution in [0.1, 0.15) is 55.1 Å². The number of halogens is 3. The third-order valence-corrected chi connectivity index (χ3v) is 8.34. The Balaban J connectivity index is 1.36. The molecule has 0 spiro atoms. The number of hydrogen-bond donors (Lipinski definition) is 1. The van der Waals surface area contributed by atoms with Gasteiger partial charge in [0.25, 0.3) is 0 Å². The van der Waals surface area contributed by atoms with Crippen molar-refractivity contribution in [1.29, 1.82) is 0 Å². The molecule has 1 aliphatic heterocycles. The Kier molecular flexibility index (Phi) is 8.49.